The van der Waals surface area contributed by atoms with Gasteiger partial charge in [0, 0.05) is 17.5 Å². The van der Waals surface area contributed by atoms with Crippen LogP contribution in [0.3, 0.4) is 0 Å². The van der Waals surface area contributed by atoms with Gasteiger partial charge < -0.3 is 44.5 Å². The number of hydrogen-bond acceptors (Lipinski definition) is 6. The van der Waals surface area contributed by atoms with Crippen LogP contribution in [0.2, 0.25) is 0 Å². The Bertz CT molecular complexity index is 2300. The predicted octanol–water partition coefficient (Wildman–Crippen LogP) is -0.919. The van der Waals surface area contributed by atoms with Gasteiger partial charge in [-0.3, -0.25) is 0 Å². The fraction of sp³-hybridized carbons (Fsp3) is 0.105. The molecule has 4 N–H and O–H groups in total. The summed E-state index contributed by atoms with van der Waals surface area (Å²) in [5.41, 5.74) is 4.76. The number of aliphatic hydroxyl groups is 2. The van der Waals surface area contributed by atoms with Gasteiger partial charge in [-0.2, -0.15) is 0 Å². The van der Waals surface area contributed by atoms with E-state index in [1.165, 1.54) is 4.68 Å². The van der Waals surface area contributed by atoms with Crippen LogP contribution in [0.25, 0.3) is 49.7 Å². The van der Waals surface area contributed by atoms with Crippen LogP contribution in [-0.2, 0) is 19.8 Å². The summed E-state index contributed by atoms with van der Waals surface area (Å²) >= 11 is 0. The highest BCUT2D eigenvalue weighted by atomic mass is 35.5. The first-order chi connectivity index (χ1) is 23.1. The molecule has 7 rings (SSSR count). The van der Waals surface area contributed by atoms with E-state index in [0.29, 0.717) is 57.3 Å². The van der Waals surface area contributed by atoms with Crippen molar-refractivity contribution in [3.8, 4) is 39.7 Å². The smallest absolute Gasteiger partial charge is 0.367 e. The molecule has 7 aromatic rings. The highest BCUT2D eigenvalue weighted by Crippen LogP contribution is 2.41. The van der Waals surface area contributed by atoms with Gasteiger partial charge >= 0.3 is 11.4 Å². The molecule has 0 radical (unpaired) electrons. The van der Waals surface area contributed by atoms with E-state index in [1.807, 2.05) is 103 Å². The number of H-pyrrole nitrogens is 2. The van der Waals surface area contributed by atoms with Crippen molar-refractivity contribution in [3.63, 3.8) is 0 Å². The van der Waals surface area contributed by atoms with Gasteiger partial charge in [0.05, 0.1) is 37.5 Å². The lowest BCUT2D eigenvalue weighted by Gasteiger charge is -2.19. The molecule has 0 atom stereocenters. The summed E-state index contributed by atoms with van der Waals surface area (Å²) in [5.74, 6) is 1.51. The van der Waals surface area contributed by atoms with E-state index in [-0.39, 0.29) is 43.6 Å². The summed E-state index contributed by atoms with van der Waals surface area (Å²) in [6, 6.07) is 30.4. The van der Waals surface area contributed by atoms with Gasteiger partial charge in [0.25, 0.3) is 0 Å². The molecule has 0 bridgehead atoms. The van der Waals surface area contributed by atoms with Crippen LogP contribution in [0, 0.1) is 0 Å². The summed E-state index contributed by atoms with van der Waals surface area (Å²) in [4.78, 5) is 20.1. The van der Waals surface area contributed by atoms with Gasteiger partial charge in [0.1, 0.15) is 12.3 Å². The van der Waals surface area contributed by atoms with E-state index in [4.69, 9.17) is 14.6 Å². The van der Waals surface area contributed by atoms with Gasteiger partial charge in [-0.05, 0) is 75.0 Å². The summed E-state index contributed by atoms with van der Waals surface area (Å²) < 4.78 is 13.3. The Morgan fingerprint density at radius 2 is 1.55 bits per heavy atom. The molecule has 0 aliphatic heterocycles. The number of aromatic amines is 2. The van der Waals surface area contributed by atoms with Gasteiger partial charge in [0.2, 0.25) is 0 Å². The zero-order valence-corrected chi connectivity index (χ0v) is 27.9. The lowest BCUT2D eigenvalue weighted by atomic mass is 9.90. The minimum atomic E-state index is -0.313. The maximum absolute atomic E-state index is 13.9. The van der Waals surface area contributed by atoms with Crippen molar-refractivity contribution in [1.82, 2.24) is 9.78 Å². The van der Waals surface area contributed by atoms with E-state index in [1.54, 1.807) is 19.4 Å². The summed E-state index contributed by atoms with van der Waals surface area (Å²) in [6.07, 6.45) is 5.39. The van der Waals surface area contributed by atoms with Crippen molar-refractivity contribution in [2.75, 3.05) is 7.11 Å². The summed E-state index contributed by atoms with van der Waals surface area (Å²) in [7, 11) is 1.58. The number of benzene rings is 4. The van der Waals surface area contributed by atoms with E-state index in [2.05, 4.69) is 9.97 Å². The summed E-state index contributed by atoms with van der Waals surface area (Å²) in [6.45, 7) is -0.238. The predicted molar refractivity (Wildman–Crippen MR) is 178 cm³/mol. The molecule has 0 unspecified atom stereocenters. The summed E-state index contributed by atoms with van der Waals surface area (Å²) in [5, 5.41) is 28.7. The second-order valence-electron chi connectivity index (χ2n) is 11.1. The number of hydrogen-bond donors (Lipinski definition) is 2. The number of fused-ring (bicyclic) bond motifs is 2. The number of nitrogens with one attached hydrogen (secondary N) is 2. The molecule has 0 amide bonds. The molecular weight excluding hydrogens is 663 g/mol. The van der Waals surface area contributed by atoms with Crippen LogP contribution in [-0.4, -0.2) is 27.1 Å². The Morgan fingerprint density at radius 1 is 0.776 bits per heavy atom. The third kappa shape index (κ3) is 6.70. The third-order valence-corrected chi connectivity index (χ3v) is 8.28. The maximum Gasteiger partial charge on any atom is 0.367 e. The van der Waals surface area contributed by atoms with Crippen LogP contribution in [0.1, 0.15) is 16.7 Å². The molecule has 0 fully saturated rings. The number of nitrogens with zero attached hydrogens (tertiary/aromatic N) is 2. The number of rotatable bonds is 9. The Balaban J connectivity index is 0.00000234. The molecule has 0 saturated heterocycles. The first-order valence-corrected chi connectivity index (χ1v) is 15.2. The molecule has 49 heavy (non-hydrogen) atoms. The Labute approximate surface area is 294 Å². The molecule has 3 aromatic heterocycles. The van der Waals surface area contributed by atoms with Gasteiger partial charge in [0.15, 0.2) is 23.9 Å². The number of aromatic nitrogens is 4. The number of pyridine rings is 2. The quantitative estimate of drug-likeness (QED) is 0.202. The standard InChI is InChI=1S/C38H30N4O5.2ClH/c1-46-33-19-31-27(17-34(33)47-23-24-8-3-2-4-9-24)16-28(21-43)32(22-44)36(31)25-13-15-40-35(18-25)42-38(45)30-12-6-5-11-29(30)37(41-42)26-10-7-14-39-20-26;;/h2-20,43-44H,21-23H2,1H3;2*1H. The van der Waals surface area contributed by atoms with Crippen molar-refractivity contribution in [1.29, 1.82) is 0 Å². The first kappa shape index (κ1) is 35.0. The second-order valence-corrected chi connectivity index (χ2v) is 11.1. The fourth-order valence-electron chi connectivity index (χ4n) is 6.01. The Hall–Kier alpha value is -5.32. The molecule has 9 nitrogen and oxygen atoms in total. The van der Waals surface area contributed by atoms with Crippen LogP contribution >= 0.6 is 0 Å². The normalized spacial score (nSPS) is 10.8. The molecule has 4 aromatic carbocycles. The van der Waals surface area contributed by atoms with E-state index < -0.39 is 0 Å². The van der Waals surface area contributed by atoms with Crippen molar-refractivity contribution in [2.24, 2.45) is 0 Å². The van der Waals surface area contributed by atoms with Gasteiger partial charge in [-0.15, -0.1) is 0 Å². The average Bonchev–Trinajstić information content (AvgIpc) is 3.13. The molecule has 0 aliphatic rings. The highest BCUT2D eigenvalue weighted by molar-refractivity contribution is 6.01. The van der Waals surface area contributed by atoms with E-state index >= 15 is 0 Å². The zero-order chi connectivity index (χ0) is 32.3. The molecular formula is C38H32Cl2N4O5. The molecule has 0 saturated carbocycles. The Kier molecular flexibility index (Phi) is 10.9. The SMILES string of the molecule is COc1cc2c(-c3cc[nH+]c(-n4nc(-c5ccc[nH+]c5)c5ccccc5c4=O)c3)c(CO)c(CO)cc2cc1OCc1ccccc1.[Cl-].[Cl-]. The van der Waals surface area contributed by atoms with Crippen LogP contribution in [0.5, 0.6) is 11.5 Å². The lowest BCUT2D eigenvalue weighted by molar-refractivity contribution is -0.377. The highest BCUT2D eigenvalue weighted by Gasteiger charge is 2.23. The Morgan fingerprint density at radius 3 is 2.27 bits per heavy atom. The number of methoxy groups -OCH3 is 1. The zero-order valence-electron chi connectivity index (χ0n) is 26.4. The topological polar surface area (TPSA) is 122 Å². The van der Waals surface area contributed by atoms with Crippen molar-refractivity contribution in [3.05, 3.63) is 143 Å². The molecule has 3 heterocycles. The molecule has 0 spiro atoms. The minimum absolute atomic E-state index is 0. The van der Waals surface area contributed by atoms with Gasteiger partial charge in [-0.1, -0.05) is 58.3 Å². The van der Waals surface area contributed by atoms with Crippen molar-refractivity contribution < 1.29 is 54.5 Å². The lowest BCUT2D eigenvalue weighted by Crippen LogP contribution is -3.00. The number of halogens is 2. The van der Waals surface area contributed by atoms with Crippen LogP contribution < -0.4 is 49.8 Å². The average molecular weight is 696 g/mol. The molecule has 0 aliphatic carbocycles. The van der Waals surface area contributed by atoms with E-state index in [9.17, 15) is 15.0 Å². The van der Waals surface area contributed by atoms with Gasteiger partial charge in [-0.25, -0.2) is 14.8 Å². The minimum Gasteiger partial charge on any atom is -1.00 e. The van der Waals surface area contributed by atoms with E-state index in [0.717, 1.165) is 27.3 Å². The maximum atomic E-state index is 13.9. The third-order valence-electron chi connectivity index (χ3n) is 8.28. The fourth-order valence-corrected chi connectivity index (χ4v) is 6.01. The molecule has 11 heteroatoms. The largest absolute Gasteiger partial charge is 1.00 e. The monoisotopic (exact) mass is 694 g/mol. The first-order valence-electron chi connectivity index (χ1n) is 15.2. The second kappa shape index (κ2) is 15.3. The van der Waals surface area contributed by atoms with Crippen molar-refractivity contribution >= 4 is 21.5 Å². The van der Waals surface area contributed by atoms with Crippen molar-refractivity contribution in [2.45, 2.75) is 19.8 Å². The molecule has 248 valence electrons. The van der Waals surface area contributed by atoms with Crippen LogP contribution in [0.15, 0.2) is 120 Å². The number of ether oxygens (including phenoxy) is 2. The number of aliphatic hydroxyl groups excluding tert-OH is 2. The van der Waals surface area contributed by atoms with Crippen LogP contribution in [0.4, 0.5) is 0 Å².